The van der Waals surface area contributed by atoms with E-state index in [1.54, 1.807) is 0 Å². The summed E-state index contributed by atoms with van der Waals surface area (Å²) in [6.45, 7) is -0.312. The van der Waals surface area contributed by atoms with E-state index in [4.69, 9.17) is 16.7 Å². The number of benzene rings is 1. The topological polar surface area (TPSA) is 96.2 Å². The zero-order chi connectivity index (χ0) is 15.4. The van der Waals surface area contributed by atoms with Crippen LogP contribution in [-0.2, 0) is 11.3 Å². The molecule has 1 aromatic carbocycles. The molecule has 7 nitrogen and oxygen atoms in total. The maximum atomic E-state index is 12.9. The molecule has 0 saturated carbocycles. The first kappa shape index (κ1) is 14.8. The fourth-order valence-corrected chi connectivity index (χ4v) is 1.74. The van der Waals surface area contributed by atoms with E-state index in [0.717, 1.165) is 16.8 Å². The molecule has 0 aliphatic rings. The zero-order valence-corrected chi connectivity index (χ0v) is 11.3. The number of carbonyl (C=O) groups excluding carboxylic acids is 1. The van der Waals surface area contributed by atoms with E-state index >= 15 is 0 Å². The Morgan fingerprint density at radius 1 is 1.38 bits per heavy atom. The minimum absolute atomic E-state index is 0.0618. The van der Waals surface area contributed by atoms with Crippen LogP contribution in [0.1, 0.15) is 0 Å². The second-order valence-electron chi connectivity index (χ2n) is 4.02. The number of aromatic nitrogens is 2. The molecule has 0 spiro atoms. The molecule has 3 N–H and O–H groups in total. The highest BCUT2D eigenvalue weighted by Crippen LogP contribution is 2.22. The van der Waals surface area contributed by atoms with E-state index in [1.165, 1.54) is 18.5 Å². The monoisotopic (exact) mass is 312 g/mol. The molecule has 0 atom stereocenters. The van der Waals surface area contributed by atoms with Gasteiger partial charge < -0.3 is 15.7 Å². The van der Waals surface area contributed by atoms with Gasteiger partial charge in [0.1, 0.15) is 12.4 Å². The average Bonchev–Trinajstić information content (AvgIpc) is 2.79. The van der Waals surface area contributed by atoms with Crippen molar-refractivity contribution < 1.29 is 19.1 Å². The highest BCUT2D eigenvalue weighted by Gasteiger charge is 2.09. The van der Waals surface area contributed by atoms with Crippen molar-refractivity contribution in [1.29, 1.82) is 0 Å². The van der Waals surface area contributed by atoms with Crippen LogP contribution in [0, 0.1) is 5.82 Å². The standard InChI is InChI=1S/C12H10ClFN4O3/c13-9-3-7(14)1-2-10(9)17-12(21)16-8-4-15-18(5-8)6-11(19)20/h1-5H,6H2,(H,19,20)(H2,16,17,21). The molecule has 1 heterocycles. The molecule has 9 heteroatoms. The third-order valence-corrected chi connectivity index (χ3v) is 2.68. The van der Waals surface area contributed by atoms with Crippen LogP contribution in [0.4, 0.5) is 20.6 Å². The molecule has 0 saturated heterocycles. The summed E-state index contributed by atoms with van der Waals surface area (Å²) in [4.78, 5) is 22.2. The minimum Gasteiger partial charge on any atom is -0.480 e. The predicted octanol–water partition coefficient (Wildman–Crippen LogP) is 2.40. The van der Waals surface area contributed by atoms with Crippen LogP contribution in [0.15, 0.2) is 30.6 Å². The number of carboxylic acid groups (broad SMARTS) is 1. The Kier molecular flexibility index (Phi) is 4.39. The number of anilines is 2. The molecular weight excluding hydrogens is 303 g/mol. The second kappa shape index (κ2) is 6.23. The van der Waals surface area contributed by atoms with Crippen LogP contribution in [0.5, 0.6) is 0 Å². The van der Waals surface area contributed by atoms with E-state index in [-0.39, 0.29) is 17.3 Å². The third-order valence-electron chi connectivity index (χ3n) is 2.37. The number of nitrogens with one attached hydrogen (secondary N) is 2. The van der Waals surface area contributed by atoms with Gasteiger partial charge >= 0.3 is 12.0 Å². The predicted molar refractivity (Wildman–Crippen MR) is 73.9 cm³/mol. The Balaban J connectivity index is 1.98. The lowest BCUT2D eigenvalue weighted by Gasteiger charge is -2.07. The highest BCUT2D eigenvalue weighted by atomic mass is 35.5. The first-order chi connectivity index (χ1) is 9.94. The van der Waals surface area contributed by atoms with E-state index in [0.29, 0.717) is 5.69 Å². The molecule has 2 amide bonds. The van der Waals surface area contributed by atoms with E-state index in [2.05, 4.69) is 15.7 Å². The lowest BCUT2D eigenvalue weighted by atomic mass is 10.3. The van der Waals surface area contributed by atoms with Crippen LogP contribution in [0.3, 0.4) is 0 Å². The van der Waals surface area contributed by atoms with Crippen molar-refractivity contribution in [1.82, 2.24) is 9.78 Å². The van der Waals surface area contributed by atoms with Crippen LogP contribution in [0.2, 0.25) is 5.02 Å². The van der Waals surface area contributed by atoms with Gasteiger partial charge in [-0.3, -0.25) is 9.48 Å². The summed E-state index contributed by atoms with van der Waals surface area (Å²) in [7, 11) is 0. The second-order valence-corrected chi connectivity index (χ2v) is 4.43. The van der Waals surface area contributed by atoms with Crippen molar-refractivity contribution in [2.75, 3.05) is 10.6 Å². The van der Waals surface area contributed by atoms with Gasteiger partial charge in [0.15, 0.2) is 0 Å². The summed E-state index contributed by atoms with van der Waals surface area (Å²) >= 11 is 5.77. The van der Waals surface area contributed by atoms with Gasteiger partial charge in [-0.2, -0.15) is 5.10 Å². The molecule has 21 heavy (non-hydrogen) atoms. The molecule has 2 aromatic rings. The smallest absolute Gasteiger partial charge is 0.325 e. The van der Waals surface area contributed by atoms with Gasteiger partial charge in [-0.1, -0.05) is 11.6 Å². The van der Waals surface area contributed by atoms with Gasteiger partial charge in [-0.05, 0) is 18.2 Å². The van der Waals surface area contributed by atoms with Crippen LogP contribution in [0.25, 0.3) is 0 Å². The fraction of sp³-hybridized carbons (Fsp3) is 0.0833. The number of nitrogens with zero attached hydrogens (tertiary/aromatic N) is 2. The largest absolute Gasteiger partial charge is 0.480 e. The Bertz CT molecular complexity index is 689. The van der Waals surface area contributed by atoms with E-state index in [9.17, 15) is 14.0 Å². The number of urea groups is 1. The van der Waals surface area contributed by atoms with Crippen LogP contribution < -0.4 is 10.6 Å². The van der Waals surface area contributed by atoms with Gasteiger partial charge in [-0.25, -0.2) is 9.18 Å². The number of aliphatic carboxylic acids is 1. The third kappa shape index (κ3) is 4.18. The van der Waals surface area contributed by atoms with Gasteiger partial charge in [0.25, 0.3) is 0 Å². The fourth-order valence-electron chi connectivity index (χ4n) is 1.53. The summed E-state index contributed by atoms with van der Waals surface area (Å²) in [5.74, 6) is -1.56. The maximum Gasteiger partial charge on any atom is 0.325 e. The van der Waals surface area contributed by atoms with Crippen molar-refractivity contribution in [2.24, 2.45) is 0 Å². The van der Waals surface area contributed by atoms with Gasteiger partial charge in [-0.15, -0.1) is 0 Å². The molecule has 110 valence electrons. The first-order valence-corrected chi connectivity index (χ1v) is 6.09. The van der Waals surface area contributed by atoms with E-state index in [1.807, 2.05) is 0 Å². The van der Waals surface area contributed by atoms with Crippen molar-refractivity contribution in [3.63, 3.8) is 0 Å². The maximum absolute atomic E-state index is 12.9. The number of hydrogen-bond acceptors (Lipinski definition) is 3. The number of rotatable bonds is 4. The van der Waals surface area contributed by atoms with Crippen LogP contribution in [-0.4, -0.2) is 26.9 Å². The molecule has 2 rings (SSSR count). The van der Waals surface area contributed by atoms with Crippen molar-refractivity contribution in [3.8, 4) is 0 Å². The Morgan fingerprint density at radius 3 is 2.81 bits per heavy atom. The van der Waals surface area contributed by atoms with E-state index < -0.39 is 17.8 Å². The molecule has 0 bridgehead atoms. The number of halogens is 2. The summed E-state index contributed by atoms with van der Waals surface area (Å²) < 4.78 is 14.0. The molecule has 0 fully saturated rings. The summed E-state index contributed by atoms with van der Waals surface area (Å²) in [5, 5.41) is 17.3. The lowest BCUT2D eigenvalue weighted by Crippen LogP contribution is -2.19. The quantitative estimate of drug-likeness (QED) is 0.807. The molecule has 0 radical (unpaired) electrons. The van der Waals surface area contributed by atoms with Gasteiger partial charge in [0.2, 0.25) is 0 Å². The molecule has 0 aliphatic carbocycles. The van der Waals surface area contributed by atoms with Crippen molar-refractivity contribution in [3.05, 3.63) is 41.4 Å². The molecule has 1 aromatic heterocycles. The lowest BCUT2D eigenvalue weighted by molar-refractivity contribution is -0.137. The summed E-state index contributed by atoms with van der Waals surface area (Å²) in [6.07, 6.45) is 2.66. The Hall–Kier alpha value is -2.61. The van der Waals surface area contributed by atoms with Gasteiger partial charge in [0.05, 0.1) is 22.6 Å². The SMILES string of the molecule is O=C(O)Cn1cc(NC(=O)Nc2ccc(F)cc2Cl)cn1. The Labute approximate surface area is 123 Å². The highest BCUT2D eigenvalue weighted by molar-refractivity contribution is 6.33. The number of carbonyl (C=O) groups is 2. The minimum atomic E-state index is -1.05. The normalized spacial score (nSPS) is 10.2. The number of hydrogen-bond donors (Lipinski definition) is 3. The van der Waals surface area contributed by atoms with Gasteiger partial charge in [0, 0.05) is 6.20 Å². The number of amides is 2. The summed E-state index contributed by atoms with van der Waals surface area (Å²) in [5.41, 5.74) is 0.556. The van der Waals surface area contributed by atoms with Crippen molar-refractivity contribution in [2.45, 2.75) is 6.54 Å². The molecule has 0 unspecified atom stereocenters. The molecule has 0 aliphatic heterocycles. The zero-order valence-electron chi connectivity index (χ0n) is 10.5. The first-order valence-electron chi connectivity index (χ1n) is 5.71. The Morgan fingerprint density at radius 2 is 2.14 bits per heavy atom. The molecular formula is C12H10ClFN4O3. The van der Waals surface area contributed by atoms with Crippen LogP contribution >= 0.6 is 11.6 Å². The van der Waals surface area contributed by atoms with Crippen molar-refractivity contribution >= 4 is 35.0 Å². The summed E-state index contributed by atoms with van der Waals surface area (Å²) in [6, 6.07) is 2.94. The number of carboxylic acids is 1. The average molecular weight is 313 g/mol.